The summed E-state index contributed by atoms with van der Waals surface area (Å²) in [4.78, 5) is 8.42. The fourth-order valence-electron chi connectivity index (χ4n) is 1.64. The number of aromatic nitrogens is 2. The molecule has 4 nitrogen and oxygen atoms in total. The monoisotopic (exact) mass is 353 g/mol. The number of hydrogen-bond acceptors (Lipinski definition) is 4. The average molecular weight is 354 g/mol. The highest BCUT2D eigenvalue weighted by Gasteiger charge is 2.04. The third-order valence-corrected chi connectivity index (χ3v) is 3.30. The molecule has 0 aliphatic rings. The van der Waals surface area contributed by atoms with Crippen molar-refractivity contribution in [3.8, 4) is 11.6 Å². The number of rotatable bonds is 6. The Bertz CT molecular complexity index is 590. The predicted molar refractivity (Wildman–Crippen MR) is 82.8 cm³/mol. The molecule has 0 aliphatic carbocycles. The standard InChI is InChI=1S/C15H17BrFN3O/c1-10(2)6-18-7-11-8-20-15(9-19-11)21-12-3-4-13(16)14(17)5-12/h3-5,8-10,18H,6-7H2,1-2H3. The molecule has 0 spiro atoms. The molecule has 21 heavy (non-hydrogen) atoms. The molecule has 0 radical (unpaired) electrons. The van der Waals surface area contributed by atoms with Crippen LogP contribution in [0.25, 0.3) is 0 Å². The third-order valence-electron chi connectivity index (χ3n) is 2.65. The molecule has 0 saturated carbocycles. The fourth-order valence-corrected chi connectivity index (χ4v) is 1.88. The second kappa shape index (κ2) is 7.47. The van der Waals surface area contributed by atoms with E-state index in [9.17, 15) is 4.39 Å². The smallest absolute Gasteiger partial charge is 0.237 e. The van der Waals surface area contributed by atoms with Crippen LogP contribution in [0.4, 0.5) is 4.39 Å². The predicted octanol–water partition coefficient (Wildman–Crippen LogP) is 3.92. The lowest BCUT2D eigenvalue weighted by molar-refractivity contribution is 0.453. The second-order valence-corrected chi connectivity index (χ2v) is 5.90. The Balaban J connectivity index is 1.94. The molecule has 1 N–H and O–H groups in total. The second-order valence-electron chi connectivity index (χ2n) is 5.05. The highest BCUT2D eigenvalue weighted by Crippen LogP contribution is 2.24. The van der Waals surface area contributed by atoms with Crippen LogP contribution in [0, 0.1) is 11.7 Å². The first-order chi connectivity index (χ1) is 10.0. The first-order valence-corrected chi connectivity index (χ1v) is 7.48. The van der Waals surface area contributed by atoms with Gasteiger partial charge in [-0.3, -0.25) is 4.98 Å². The van der Waals surface area contributed by atoms with Crippen LogP contribution in [-0.2, 0) is 6.54 Å². The maximum atomic E-state index is 13.4. The third kappa shape index (κ3) is 5.06. The van der Waals surface area contributed by atoms with E-state index < -0.39 is 0 Å². The molecule has 1 heterocycles. The van der Waals surface area contributed by atoms with Crippen molar-refractivity contribution in [2.75, 3.05) is 6.54 Å². The molecule has 2 rings (SSSR count). The highest BCUT2D eigenvalue weighted by molar-refractivity contribution is 9.10. The first-order valence-electron chi connectivity index (χ1n) is 6.69. The zero-order valence-corrected chi connectivity index (χ0v) is 13.5. The van der Waals surface area contributed by atoms with Gasteiger partial charge in [0.05, 0.1) is 22.6 Å². The van der Waals surface area contributed by atoms with E-state index in [0.717, 1.165) is 12.2 Å². The van der Waals surface area contributed by atoms with Gasteiger partial charge in [0.1, 0.15) is 11.6 Å². The van der Waals surface area contributed by atoms with E-state index in [0.29, 0.717) is 28.6 Å². The summed E-state index contributed by atoms with van der Waals surface area (Å²) < 4.78 is 19.2. The van der Waals surface area contributed by atoms with E-state index in [1.54, 1.807) is 18.3 Å². The van der Waals surface area contributed by atoms with Crippen molar-refractivity contribution in [2.45, 2.75) is 20.4 Å². The van der Waals surface area contributed by atoms with Gasteiger partial charge in [-0.2, -0.15) is 0 Å². The summed E-state index contributed by atoms with van der Waals surface area (Å²) >= 11 is 3.09. The molecule has 2 aromatic rings. The Hall–Kier alpha value is -1.53. The van der Waals surface area contributed by atoms with Gasteiger partial charge in [-0.05, 0) is 40.5 Å². The van der Waals surface area contributed by atoms with Gasteiger partial charge in [0, 0.05) is 12.6 Å². The molecular formula is C15H17BrFN3O. The van der Waals surface area contributed by atoms with Gasteiger partial charge in [-0.1, -0.05) is 13.8 Å². The van der Waals surface area contributed by atoms with Gasteiger partial charge in [-0.15, -0.1) is 0 Å². The number of hydrogen-bond donors (Lipinski definition) is 1. The van der Waals surface area contributed by atoms with Gasteiger partial charge >= 0.3 is 0 Å². The molecule has 1 aromatic heterocycles. The quantitative estimate of drug-likeness (QED) is 0.854. The number of nitrogens with zero attached hydrogens (tertiary/aromatic N) is 2. The van der Waals surface area contributed by atoms with E-state index in [2.05, 4.69) is 45.1 Å². The Labute approximate surface area is 131 Å². The van der Waals surface area contributed by atoms with Crippen molar-refractivity contribution in [3.63, 3.8) is 0 Å². The summed E-state index contributed by atoms with van der Waals surface area (Å²) in [6.07, 6.45) is 3.18. The van der Waals surface area contributed by atoms with Crippen LogP contribution in [0.3, 0.4) is 0 Å². The summed E-state index contributed by atoms with van der Waals surface area (Å²) in [5, 5.41) is 3.29. The summed E-state index contributed by atoms with van der Waals surface area (Å²) in [7, 11) is 0. The van der Waals surface area contributed by atoms with Gasteiger partial charge in [0.25, 0.3) is 0 Å². The van der Waals surface area contributed by atoms with Crippen LogP contribution < -0.4 is 10.1 Å². The number of nitrogens with one attached hydrogen (secondary N) is 1. The molecule has 112 valence electrons. The minimum absolute atomic E-state index is 0.337. The molecule has 0 atom stereocenters. The number of benzene rings is 1. The van der Waals surface area contributed by atoms with E-state index in [1.807, 2.05) is 0 Å². The molecule has 0 aliphatic heterocycles. The minimum atomic E-state index is -0.380. The van der Waals surface area contributed by atoms with E-state index in [4.69, 9.17) is 4.74 Å². The molecule has 0 bridgehead atoms. The normalized spacial score (nSPS) is 10.9. The van der Waals surface area contributed by atoms with Crippen LogP contribution in [-0.4, -0.2) is 16.5 Å². The van der Waals surface area contributed by atoms with Gasteiger partial charge in [0.2, 0.25) is 5.88 Å². The van der Waals surface area contributed by atoms with Crippen LogP contribution in [0.2, 0.25) is 0 Å². The highest BCUT2D eigenvalue weighted by atomic mass is 79.9. The average Bonchev–Trinajstić information content (AvgIpc) is 2.44. The fraction of sp³-hybridized carbons (Fsp3) is 0.333. The molecule has 0 unspecified atom stereocenters. The maximum Gasteiger partial charge on any atom is 0.237 e. The van der Waals surface area contributed by atoms with E-state index in [1.165, 1.54) is 12.3 Å². The number of halogens is 2. The summed E-state index contributed by atoms with van der Waals surface area (Å²) in [5.41, 5.74) is 0.838. The Morgan fingerprint density at radius 3 is 2.71 bits per heavy atom. The largest absolute Gasteiger partial charge is 0.437 e. The van der Waals surface area contributed by atoms with Gasteiger partial charge in [-0.25, -0.2) is 9.37 Å². The minimum Gasteiger partial charge on any atom is -0.437 e. The Morgan fingerprint density at radius 2 is 2.10 bits per heavy atom. The van der Waals surface area contributed by atoms with Crippen molar-refractivity contribution in [1.29, 1.82) is 0 Å². The van der Waals surface area contributed by atoms with Crippen LogP contribution in [0.1, 0.15) is 19.5 Å². The molecule has 6 heteroatoms. The lowest BCUT2D eigenvalue weighted by Gasteiger charge is -2.08. The molecule has 0 fully saturated rings. The molecule has 0 amide bonds. The SMILES string of the molecule is CC(C)CNCc1cnc(Oc2ccc(Br)c(F)c2)cn1. The lowest BCUT2D eigenvalue weighted by Crippen LogP contribution is -2.19. The van der Waals surface area contributed by atoms with Crippen molar-refractivity contribution >= 4 is 15.9 Å². The Kier molecular flexibility index (Phi) is 5.64. The topological polar surface area (TPSA) is 47.0 Å². The maximum absolute atomic E-state index is 13.4. The first kappa shape index (κ1) is 15.9. The van der Waals surface area contributed by atoms with Crippen LogP contribution >= 0.6 is 15.9 Å². The van der Waals surface area contributed by atoms with Crippen molar-refractivity contribution in [1.82, 2.24) is 15.3 Å². The van der Waals surface area contributed by atoms with Crippen molar-refractivity contribution < 1.29 is 9.13 Å². The van der Waals surface area contributed by atoms with Crippen molar-refractivity contribution in [2.24, 2.45) is 5.92 Å². The summed E-state index contributed by atoms with van der Waals surface area (Å²) in [5.74, 6) is 0.933. The molecule has 1 aromatic carbocycles. The summed E-state index contributed by atoms with van der Waals surface area (Å²) in [6, 6.07) is 4.54. The van der Waals surface area contributed by atoms with Crippen LogP contribution in [0.5, 0.6) is 11.6 Å². The van der Waals surface area contributed by atoms with Crippen LogP contribution in [0.15, 0.2) is 35.1 Å². The zero-order valence-electron chi connectivity index (χ0n) is 11.9. The van der Waals surface area contributed by atoms with Gasteiger partial charge in [0.15, 0.2) is 0 Å². The zero-order chi connectivity index (χ0) is 15.2. The number of ether oxygens (including phenoxy) is 1. The summed E-state index contributed by atoms with van der Waals surface area (Å²) in [6.45, 7) is 5.89. The lowest BCUT2D eigenvalue weighted by atomic mass is 10.2. The molecule has 0 saturated heterocycles. The van der Waals surface area contributed by atoms with Gasteiger partial charge < -0.3 is 10.1 Å². The van der Waals surface area contributed by atoms with E-state index in [-0.39, 0.29) is 5.82 Å². The molecular weight excluding hydrogens is 337 g/mol. The Morgan fingerprint density at radius 1 is 1.29 bits per heavy atom. The van der Waals surface area contributed by atoms with Crippen molar-refractivity contribution in [3.05, 3.63) is 46.6 Å². The van der Waals surface area contributed by atoms with E-state index >= 15 is 0 Å².